The molecule has 3 rings (SSSR count). The zero-order valence-electron chi connectivity index (χ0n) is 11.2. The molecule has 2 saturated carbocycles. The molecule has 2 fully saturated rings. The van der Waals surface area contributed by atoms with Gasteiger partial charge in [-0.25, -0.2) is 4.39 Å². The van der Waals surface area contributed by atoms with E-state index >= 15 is 0 Å². The maximum Gasteiger partial charge on any atom is 0.123 e. The van der Waals surface area contributed by atoms with Crippen LogP contribution in [-0.4, -0.2) is 23.8 Å². The summed E-state index contributed by atoms with van der Waals surface area (Å²) in [6.45, 7) is 0.161. The van der Waals surface area contributed by atoms with Gasteiger partial charge in [-0.3, -0.25) is 0 Å². The molecule has 0 radical (unpaired) electrons. The van der Waals surface area contributed by atoms with E-state index in [0.717, 1.165) is 37.3 Å². The second-order valence-corrected chi connectivity index (χ2v) is 6.16. The Labute approximate surface area is 114 Å². The third-order valence-electron chi connectivity index (χ3n) is 4.75. The third kappa shape index (κ3) is 2.82. The minimum atomic E-state index is -0.207. The average Bonchev–Trinajstić information content (AvgIpc) is 3.25. The summed E-state index contributed by atoms with van der Waals surface area (Å²) >= 11 is 0. The highest BCUT2D eigenvalue weighted by molar-refractivity contribution is 5.27. The van der Waals surface area contributed by atoms with Crippen LogP contribution < -0.4 is 5.32 Å². The summed E-state index contributed by atoms with van der Waals surface area (Å²) in [6, 6.07) is 8.02. The van der Waals surface area contributed by atoms with Crippen LogP contribution in [0.3, 0.4) is 0 Å². The molecular formula is C16H22FNO. The van der Waals surface area contributed by atoms with Crippen molar-refractivity contribution in [2.45, 2.75) is 56.0 Å². The van der Waals surface area contributed by atoms with Crippen LogP contribution in [-0.2, 0) is 5.41 Å². The third-order valence-corrected chi connectivity index (χ3v) is 4.75. The largest absolute Gasteiger partial charge is 0.395 e. The zero-order chi connectivity index (χ0) is 13.3. The van der Waals surface area contributed by atoms with Crippen LogP contribution in [0.25, 0.3) is 0 Å². The van der Waals surface area contributed by atoms with Gasteiger partial charge in [-0.1, -0.05) is 12.1 Å². The second-order valence-electron chi connectivity index (χ2n) is 6.16. The van der Waals surface area contributed by atoms with E-state index in [0.29, 0.717) is 6.04 Å². The monoisotopic (exact) mass is 263 g/mol. The molecule has 19 heavy (non-hydrogen) atoms. The van der Waals surface area contributed by atoms with Crippen molar-refractivity contribution in [1.29, 1.82) is 0 Å². The topological polar surface area (TPSA) is 32.3 Å². The molecule has 0 amide bonds. The molecule has 0 atom stereocenters. The van der Waals surface area contributed by atoms with Gasteiger partial charge in [0.25, 0.3) is 0 Å². The highest BCUT2D eigenvalue weighted by Crippen LogP contribution is 2.39. The average molecular weight is 263 g/mol. The Balaban J connectivity index is 1.68. The molecule has 3 heteroatoms. The summed E-state index contributed by atoms with van der Waals surface area (Å²) in [4.78, 5) is 0. The highest BCUT2D eigenvalue weighted by atomic mass is 19.1. The first-order chi connectivity index (χ1) is 9.22. The van der Waals surface area contributed by atoms with Crippen LogP contribution in [0, 0.1) is 5.82 Å². The summed E-state index contributed by atoms with van der Waals surface area (Å²) in [7, 11) is 0. The van der Waals surface area contributed by atoms with Crippen molar-refractivity contribution in [3.05, 3.63) is 35.6 Å². The Morgan fingerprint density at radius 3 is 2.16 bits per heavy atom. The highest BCUT2D eigenvalue weighted by Gasteiger charge is 2.37. The Bertz CT molecular complexity index is 419. The lowest BCUT2D eigenvalue weighted by atomic mass is 9.68. The summed E-state index contributed by atoms with van der Waals surface area (Å²) in [5.41, 5.74) is 0.927. The normalized spacial score (nSPS) is 31.4. The fourth-order valence-electron chi connectivity index (χ4n) is 3.26. The van der Waals surface area contributed by atoms with Gasteiger partial charge in [-0.2, -0.15) is 0 Å². The standard InChI is InChI=1S/C16H22FNO/c17-13-3-1-12(2-4-13)16(11-19)9-7-15(8-10-16)18-14-5-6-14/h1-4,14-15,18-19H,5-11H2/t15-,16-. The zero-order valence-corrected chi connectivity index (χ0v) is 11.2. The van der Waals surface area contributed by atoms with Gasteiger partial charge in [0, 0.05) is 17.5 Å². The minimum absolute atomic E-state index is 0.157. The van der Waals surface area contributed by atoms with Gasteiger partial charge >= 0.3 is 0 Å². The van der Waals surface area contributed by atoms with Crippen LogP contribution in [0.1, 0.15) is 44.1 Å². The molecule has 0 bridgehead atoms. The molecule has 1 aromatic carbocycles. The number of hydrogen-bond donors (Lipinski definition) is 2. The van der Waals surface area contributed by atoms with E-state index < -0.39 is 0 Å². The molecule has 0 aromatic heterocycles. The fourth-order valence-corrected chi connectivity index (χ4v) is 3.26. The second kappa shape index (κ2) is 5.22. The SMILES string of the molecule is OC[C@]1(c2ccc(F)cc2)CC[C@H](NC2CC2)CC1. The van der Waals surface area contributed by atoms with Gasteiger partial charge in [0.1, 0.15) is 5.82 Å². The number of halogens is 1. The van der Waals surface area contributed by atoms with Crippen LogP contribution in [0.5, 0.6) is 0 Å². The lowest BCUT2D eigenvalue weighted by Gasteiger charge is -2.39. The van der Waals surface area contributed by atoms with E-state index in [9.17, 15) is 9.50 Å². The van der Waals surface area contributed by atoms with Gasteiger partial charge in [-0.15, -0.1) is 0 Å². The van der Waals surface area contributed by atoms with E-state index in [2.05, 4.69) is 5.32 Å². The molecule has 0 unspecified atom stereocenters. The molecule has 2 aliphatic rings. The Morgan fingerprint density at radius 2 is 1.63 bits per heavy atom. The van der Waals surface area contributed by atoms with E-state index in [4.69, 9.17) is 0 Å². The lowest BCUT2D eigenvalue weighted by molar-refractivity contribution is 0.138. The lowest BCUT2D eigenvalue weighted by Crippen LogP contribution is -2.42. The van der Waals surface area contributed by atoms with E-state index in [-0.39, 0.29) is 17.8 Å². The summed E-state index contributed by atoms with van der Waals surface area (Å²) in [5.74, 6) is -0.207. The number of rotatable bonds is 4. The van der Waals surface area contributed by atoms with Crippen molar-refractivity contribution in [1.82, 2.24) is 5.32 Å². The van der Waals surface area contributed by atoms with Crippen molar-refractivity contribution in [3.8, 4) is 0 Å². The first-order valence-corrected chi connectivity index (χ1v) is 7.35. The number of aliphatic hydroxyl groups excluding tert-OH is 1. The molecule has 2 N–H and O–H groups in total. The fraction of sp³-hybridized carbons (Fsp3) is 0.625. The Kier molecular flexibility index (Phi) is 3.59. The summed E-state index contributed by atoms with van der Waals surface area (Å²) in [6.07, 6.45) is 6.82. The molecule has 0 saturated heterocycles. The van der Waals surface area contributed by atoms with Gasteiger partial charge in [0.05, 0.1) is 6.61 Å². The summed E-state index contributed by atoms with van der Waals surface area (Å²) < 4.78 is 13.0. The molecule has 1 aromatic rings. The Hall–Kier alpha value is -0.930. The van der Waals surface area contributed by atoms with Crippen molar-refractivity contribution in [3.63, 3.8) is 0 Å². The van der Waals surface area contributed by atoms with Crippen molar-refractivity contribution in [2.24, 2.45) is 0 Å². The predicted octanol–water partition coefficient (Wildman–Crippen LogP) is 2.75. The first kappa shape index (κ1) is 13.1. The molecular weight excluding hydrogens is 241 g/mol. The molecule has 2 nitrogen and oxygen atoms in total. The molecule has 0 spiro atoms. The quantitative estimate of drug-likeness (QED) is 0.875. The Morgan fingerprint density at radius 1 is 1.05 bits per heavy atom. The van der Waals surface area contributed by atoms with Crippen LogP contribution >= 0.6 is 0 Å². The first-order valence-electron chi connectivity index (χ1n) is 7.35. The number of hydrogen-bond acceptors (Lipinski definition) is 2. The van der Waals surface area contributed by atoms with Crippen molar-refractivity contribution >= 4 is 0 Å². The predicted molar refractivity (Wildman–Crippen MR) is 73.6 cm³/mol. The van der Waals surface area contributed by atoms with E-state index in [1.807, 2.05) is 12.1 Å². The smallest absolute Gasteiger partial charge is 0.123 e. The van der Waals surface area contributed by atoms with Gasteiger partial charge in [-0.05, 0) is 56.2 Å². The number of aliphatic hydroxyl groups is 1. The summed E-state index contributed by atoms with van der Waals surface area (Å²) in [5, 5.41) is 13.5. The van der Waals surface area contributed by atoms with Crippen molar-refractivity contribution in [2.75, 3.05) is 6.61 Å². The van der Waals surface area contributed by atoms with Crippen LogP contribution in [0.4, 0.5) is 4.39 Å². The van der Waals surface area contributed by atoms with Gasteiger partial charge in [0.15, 0.2) is 0 Å². The maximum absolute atomic E-state index is 13.0. The maximum atomic E-state index is 13.0. The number of nitrogens with one attached hydrogen (secondary N) is 1. The minimum Gasteiger partial charge on any atom is -0.395 e. The van der Waals surface area contributed by atoms with Crippen molar-refractivity contribution < 1.29 is 9.50 Å². The number of benzene rings is 1. The van der Waals surface area contributed by atoms with Crippen LogP contribution in [0.15, 0.2) is 24.3 Å². The van der Waals surface area contributed by atoms with Gasteiger partial charge in [0.2, 0.25) is 0 Å². The van der Waals surface area contributed by atoms with E-state index in [1.165, 1.54) is 25.0 Å². The molecule has 104 valence electrons. The van der Waals surface area contributed by atoms with Gasteiger partial charge < -0.3 is 10.4 Å². The molecule has 2 aliphatic carbocycles. The van der Waals surface area contributed by atoms with Crippen LogP contribution in [0.2, 0.25) is 0 Å². The van der Waals surface area contributed by atoms with E-state index in [1.54, 1.807) is 0 Å². The molecule has 0 aliphatic heterocycles. The molecule has 0 heterocycles.